The highest BCUT2D eigenvalue weighted by molar-refractivity contribution is 5.85. The summed E-state index contributed by atoms with van der Waals surface area (Å²) in [6, 6.07) is 17.9. The van der Waals surface area contributed by atoms with E-state index in [1.54, 1.807) is 0 Å². The standard InChI is InChI=1S/C23H32N2.ClH/c1-5-24(6-2)17-23(3,4)18-25-21-13-9-7-11-19(21)15-16-20-12-8-10-14-22(20)25;/h7-14H,5-6,15-18H2,1-4H3;1H. The van der Waals surface area contributed by atoms with Gasteiger partial charge in [0, 0.05) is 24.5 Å². The molecule has 142 valence electrons. The van der Waals surface area contributed by atoms with Crippen molar-refractivity contribution in [3.63, 3.8) is 0 Å². The quantitative estimate of drug-likeness (QED) is 0.640. The molecule has 0 atom stereocenters. The van der Waals surface area contributed by atoms with E-state index in [9.17, 15) is 0 Å². The highest BCUT2D eigenvalue weighted by atomic mass is 35.5. The summed E-state index contributed by atoms with van der Waals surface area (Å²) >= 11 is 0. The number of para-hydroxylation sites is 2. The monoisotopic (exact) mass is 372 g/mol. The summed E-state index contributed by atoms with van der Waals surface area (Å²) in [4.78, 5) is 5.11. The molecule has 0 bridgehead atoms. The number of benzene rings is 2. The minimum Gasteiger partial charge on any atom is -0.340 e. The van der Waals surface area contributed by atoms with Gasteiger partial charge in [-0.25, -0.2) is 0 Å². The van der Waals surface area contributed by atoms with Crippen molar-refractivity contribution in [2.45, 2.75) is 40.5 Å². The summed E-state index contributed by atoms with van der Waals surface area (Å²) in [5, 5.41) is 0. The molecule has 0 aliphatic carbocycles. The molecule has 0 saturated carbocycles. The molecule has 0 radical (unpaired) electrons. The van der Waals surface area contributed by atoms with E-state index >= 15 is 0 Å². The maximum Gasteiger partial charge on any atom is 0.0443 e. The maximum atomic E-state index is 2.57. The van der Waals surface area contributed by atoms with Gasteiger partial charge in [0.05, 0.1) is 0 Å². The molecule has 0 spiro atoms. The number of fused-ring (bicyclic) bond motifs is 2. The molecule has 1 aliphatic heterocycles. The summed E-state index contributed by atoms with van der Waals surface area (Å²) in [7, 11) is 0. The van der Waals surface area contributed by atoms with Gasteiger partial charge in [-0.05, 0) is 54.6 Å². The lowest BCUT2D eigenvalue weighted by Gasteiger charge is -2.38. The van der Waals surface area contributed by atoms with E-state index in [0.717, 1.165) is 39.0 Å². The van der Waals surface area contributed by atoms with Crippen LogP contribution in [0.4, 0.5) is 11.4 Å². The minimum absolute atomic E-state index is 0. The van der Waals surface area contributed by atoms with Gasteiger partial charge in [-0.15, -0.1) is 12.4 Å². The Balaban J connectivity index is 0.00000243. The second-order valence-electron chi connectivity index (χ2n) is 7.97. The van der Waals surface area contributed by atoms with Crippen LogP contribution < -0.4 is 4.90 Å². The highest BCUT2D eigenvalue weighted by Crippen LogP contribution is 2.38. The molecule has 0 unspecified atom stereocenters. The fraction of sp³-hybridized carbons (Fsp3) is 0.478. The van der Waals surface area contributed by atoms with Crippen LogP contribution in [-0.4, -0.2) is 31.1 Å². The third-order valence-electron chi connectivity index (χ3n) is 5.36. The zero-order valence-electron chi connectivity index (χ0n) is 16.7. The van der Waals surface area contributed by atoms with E-state index in [2.05, 4.69) is 86.0 Å². The van der Waals surface area contributed by atoms with Crippen LogP contribution >= 0.6 is 12.4 Å². The summed E-state index contributed by atoms with van der Waals surface area (Å²) in [5.74, 6) is 0. The number of anilines is 2. The first-order valence-electron chi connectivity index (χ1n) is 9.70. The van der Waals surface area contributed by atoms with Gasteiger partial charge in [0.1, 0.15) is 0 Å². The SMILES string of the molecule is CCN(CC)CC(C)(C)CN1c2ccccc2CCc2ccccc21.Cl. The Bertz CT molecular complexity index is 659. The van der Waals surface area contributed by atoms with Crippen molar-refractivity contribution < 1.29 is 0 Å². The number of aryl methyl sites for hydroxylation is 2. The Kier molecular flexibility index (Phi) is 7.14. The van der Waals surface area contributed by atoms with Crippen LogP contribution in [-0.2, 0) is 12.8 Å². The van der Waals surface area contributed by atoms with Gasteiger partial charge in [0.25, 0.3) is 0 Å². The molecule has 2 nitrogen and oxygen atoms in total. The molecular formula is C23H33ClN2. The number of hydrogen-bond acceptors (Lipinski definition) is 2. The van der Waals surface area contributed by atoms with Crippen molar-refractivity contribution in [3.8, 4) is 0 Å². The van der Waals surface area contributed by atoms with Crippen LogP contribution in [0.5, 0.6) is 0 Å². The van der Waals surface area contributed by atoms with Crippen LogP contribution in [0.25, 0.3) is 0 Å². The van der Waals surface area contributed by atoms with E-state index < -0.39 is 0 Å². The summed E-state index contributed by atoms with van der Waals surface area (Å²) in [5.41, 5.74) is 5.94. The van der Waals surface area contributed by atoms with E-state index in [0.29, 0.717) is 0 Å². The molecule has 0 aromatic heterocycles. The van der Waals surface area contributed by atoms with Crippen molar-refractivity contribution >= 4 is 23.8 Å². The largest absolute Gasteiger partial charge is 0.340 e. The molecule has 1 aliphatic rings. The van der Waals surface area contributed by atoms with Gasteiger partial charge in [-0.1, -0.05) is 64.1 Å². The maximum absolute atomic E-state index is 2.57. The minimum atomic E-state index is 0. The topological polar surface area (TPSA) is 6.48 Å². The molecule has 2 aromatic rings. The number of hydrogen-bond donors (Lipinski definition) is 0. The molecular weight excluding hydrogens is 340 g/mol. The number of rotatable bonds is 6. The zero-order chi connectivity index (χ0) is 17.9. The van der Waals surface area contributed by atoms with Crippen molar-refractivity contribution in [1.29, 1.82) is 0 Å². The van der Waals surface area contributed by atoms with Crippen LogP contribution in [0.1, 0.15) is 38.8 Å². The lowest BCUT2D eigenvalue weighted by atomic mass is 9.91. The lowest BCUT2D eigenvalue weighted by Crippen LogP contribution is -2.41. The molecule has 3 rings (SSSR count). The Morgan fingerprint density at radius 3 is 1.77 bits per heavy atom. The van der Waals surface area contributed by atoms with Gasteiger partial charge >= 0.3 is 0 Å². The van der Waals surface area contributed by atoms with Crippen LogP contribution in [0.2, 0.25) is 0 Å². The third-order valence-corrected chi connectivity index (χ3v) is 5.36. The second-order valence-corrected chi connectivity index (χ2v) is 7.97. The molecule has 0 N–H and O–H groups in total. The first-order valence-corrected chi connectivity index (χ1v) is 9.70. The van der Waals surface area contributed by atoms with Crippen molar-refractivity contribution in [2.75, 3.05) is 31.1 Å². The fourth-order valence-electron chi connectivity index (χ4n) is 4.07. The normalized spacial score (nSPS) is 13.7. The number of halogens is 1. The first-order chi connectivity index (χ1) is 12.0. The van der Waals surface area contributed by atoms with Crippen LogP contribution in [0.15, 0.2) is 48.5 Å². The molecule has 1 heterocycles. The Labute approximate surface area is 165 Å². The van der Waals surface area contributed by atoms with Gasteiger partial charge in [-0.2, -0.15) is 0 Å². The Hall–Kier alpha value is -1.51. The molecule has 2 aromatic carbocycles. The summed E-state index contributed by atoms with van der Waals surface area (Å²) < 4.78 is 0. The summed E-state index contributed by atoms with van der Waals surface area (Å²) in [6.45, 7) is 13.7. The van der Waals surface area contributed by atoms with Crippen molar-refractivity contribution in [2.24, 2.45) is 5.41 Å². The van der Waals surface area contributed by atoms with Gasteiger partial charge in [0.2, 0.25) is 0 Å². The van der Waals surface area contributed by atoms with Crippen LogP contribution in [0, 0.1) is 5.41 Å². The predicted molar refractivity (Wildman–Crippen MR) is 116 cm³/mol. The molecule has 26 heavy (non-hydrogen) atoms. The van der Waals surface area contributed by atoms with E-state index in [-0.39, 0.29) is 17.8 Å². The van der Waals surface area contributed by atoms with Gasteiger partial charge in [0.15, 0.2) is 0 Å². The molecule has 0 saturated heterocycles. The second kappa shape index (κ2) is 8.92. The predicted octanol–water partition coefficient (Wildman–Crippen LogP) is 5.71. The molecule has 0 amide bonds. The average molecular weight is 373 g/mol. The molecule has 3 heteroatoms. The Morgan fingerprint density at radius 1 is 0.846 bits per heavy atom. The first kappa shape index (κ1) is 20.8. The van der Waals surface area contributed by atoms with Crippen molar-refractivity contribution in [1.82, 2.24) is 4.90 Å². The summed E-state index contributed by atoms with van der Waals surface area (Å²) in [6.07, 6.45) is 2.25. The smallest absolute Gasteiger partial charge is 0.0443 e. The van der Waals surface area contributed by atoms with Crippen molar-refractivity contribution in [3.05, 3.63) is 59.7 Å². The third kappa shape index (κ3) is 4.61. The lowest BCUT2D eigenvalue weighted by molar-refractivity contribution is 0.198. The van der Waals surface area contributed by atoms with E-state index in [1.807, 2.05) is 0 Å². The van der Waals surface area contributed by atoms with Crippen LogP contribution in [0.3, 0.4) is 0 Å². The highest BCUT2D eigenvalue weighted by Gasteiger charge is 2.28. The zero-order valence-corrected chi connectivity index (χ0v) is 17.5. The number of nitrogens with zero attached hydrogens (tertiary/aromatic N) is 2. The van der Waals surface area contributed by atoms with E-state index in [1.165, 1.54) is 22.5 Å². The fourth-order valence-corrected chi connectivity index (χ4v) is 4.07. The van der Waals surface area contributed by atoms with Gasteiger partial charge < -0.3 is 9.80 Å². The average Bonchev–Trinajstić information content (AvgIpc) is 2.77. The van der Waals surface area contributed by atoms with E-state index in [4.69, 9.17) is 0 Å². The van der Waals surface area contributed by atoms with Gasteiger partial charge in [-0.3, -0.25) is 0 Å². The molecule has 0 fully saturated rings. The Morgan fingerprint density at radius 2 is 1.31 bits per heavy atom.